The van der Waals surface area contributed by atoms with E-state index in [2.05, 4.69) is 35.6 Å². The van der Waals surface area contributed by atoms with E-state index in [0.29, 0.717) is 24.5 Å². The Hall–Kier alpha value is -3.46. The molecule has 0 bridgehead atoms. The highest BCUT2D eigenvalue weighted by Gasteiger charge is 2.25. The number of rotatable bonds is 6. The molecular formula is C25H32N6O3. The first kappa shape index (κ1) is 23.7. The zero-order chi connectivity index (χ0) is 24.2. The van der Waals surface area contributed by atoms with Crippen LogP contribution in [0.4, 0.5) is 17.3 Å². The summed E-state index contributed by atoms with van der Waals surface area (Å²) < 4.78 is 5.80. The van der Waals surface area contributed by atoms with Crippen LogP contribution >= 0.6 is 0 Å². The molecule has 2 aliphatic rings. The number of amides is 2. The van der Waals surface area contributed by atoms with Crippen LogP contribution in [0.1, 0.15) is 48.7 Å². The van der Waals surface area contributed by atoms with Crippen LogP contribution in [0.15, 0.2) is 43.1 Å². The second-order valence-corrected chi connectivity index (χ2v) is 8.99. The van der Waals surface area contributed by atoms with E-state index in [-0.39, 0.29) is 24.0 Å². The van der Waals surface area contributed by atoms with Crippen molar-refractivity contribution in [2.75, 3.05) is 36.4 Å². The lowest BCUT2D eigenvalue weighted by atomic mass is 9.92. The van der Waals surface area contributed by atoms with E-state index in [1.807, 2.05) is 18.2 Å². The van der Waals surface area contributed by atoms with Gasteiger partial charge in [-0.05, 0) is 57.0 Å². The molecule has 2 atom stereocenters. The van der Waals surface area contributed by atoms with Crippen molar-refractivity contribution in [3.63, 3.8) is 0 Å². The average molecular weight is 465 g/mol. The van der Waals surface area contributed by atoms with E-state index in [4.69, 9.17) is 15.5 Å². The average Bonchev–Trinajstić information content (AvgIpc) is 2.83. The lowest BCUT2D eigenvalue weighted by Gasteiger charge is -2.36. The molecule has 180 valence electrons. The summed E-state index contributed by atoms with van der Waals surface area (Å²) in [5, 5.41) is 3.22. The molecule has 4 heterocycles. The van der Waals surface area contributed by atoms with E-state index in [0.717, 1.165) is 43.1 Å². The summed E-state index contributed by atoms with van der Waals surface area (Å²) >= 11 is 0. The number of primary amides is 1. The van der Waals surface area contributed by atoms with Gasteiger partial charge in [0.1, 0.15) is 11.6 Å². The van der Waals surface area contributed by atoms with Crippen LogP contribution in [0.2, 0.25) is 0 Å². The standard InChI is InChI=1S/C25H32N6O3/c1-4-23(32)30-11-9-18(10-12-30)21-7-6-20(24(26)33)25(29-21)28-19-5-8-22(27-13-19)31-14-16(2)34-17(3)15-31/h4-8,13,16-18H,1,9-12,14-15H2,2-3H3,(H2,26,33)(H,28,29). The smallest absolute Gasteiger partial charge is 0.252 e. The fourth-order valence-corrected chi connectivity index (χ4v) is 4.67. The number of morpholine rings is 1. The lowest BCUT2D eigenvalue weighted by molar-refractivity contribution is -0.127. The third-order valence-corrected chi connectivity index (χ3v) is 6.34. The molecule has 4 rings (SSSR count). The highest BCUT2D eigenvalue weighted by Crippen LogP contribution is 2.30. The first-order valence-corrected chi connectivity index (χ1v) is 11.7. The van der Waals surface area contributed by atoms with Crippen molar-refractivity contribution < 1.29 is 14.3 Å². The zero-order valence-electron chi connectivity index (χ0n) is 19.7. The number of hydrogen-bond acceptors (Lipinski definition) is 7. The van der Waals surface area contributed by atoms with Gasteiger partial charge >= 0.3 is 0 Å². The third-order valence-electron chi connectivity index (χ3n) is 6.34. The fraction of sp³-hybridized carbons (Fsp3) is 0.440. The number of nitrogens with zero attached hydrogens (tertiary/aromatic N) is 4. The molecular weight excluding hydrogens is 432 g/mol. The highest BCUT2D eigenvalue weighted by molar-refractivity contribution is 5.98. The van der Waals surface area contributed by atoms with Crippen molar-refractivity contribution in [1.82, 2.24) is 14.9 Å². The summed E-state index contributed by atoms with van der Waals surface area (Å²) in [5.41, 5.74) is 7.52. The van der Waals surface area contributed by atoms with Crippen molar-refractivity contribution in [3.8, 4) is 0 Å². The van der Waals surface area contributed by atoms with Crippen LogP contribution in [-0.4, -0.2) is 65.1 Å². The molecule has 2 amide bonds. The highest BCUT2D eigenvalue weighted by atomic mass is 16.5. The monoisotopic (exact) mass is 464 g/mol. The van der Waals surface area contributed by atoms with Gasteiger partial charge in [0.15, 0.2) is 0 Å². The molecule has 3 N–H and O–H groups in total. The maximum Gasteiger partial charge on any atom is 0.252 e. The molecule has 2 aromatic heterocycles. The molecule has 2 aliphatic heterocycles. The largest absolute Gasteiger partial charge is 0.372 e. The maximum atomic E-state index is 12.0. The summed E-state index contributed by atoms with van der Waals surface area (Å²) in [6.45, 7) is 10.6. The minimum atomic E-state index is -0.547. The van der Waals surface area contributed by atoms with Gasteiger partial charge in [-0.1, -0.05) is 6.58 Å². The minimum absolute atomic E-state index is 0.0465. The second-order valence-electron chi connectivity index (χ2n) is 8.99. The first-order chi connectivity index (χ1) is 16.3. The first-order valence-electron chi connectivity index (χ1n) is 11.7. The Labute approximate surface area is 200 Å². The van der Waals surface area contributed by atoms with E-state index < -0.39 is 5.91 Å². The molecule has 0 spiro atoms. The normalized spacial score (nSPS) is 21.2. The number of carbonyl (C=O) groups excluding carboxylic acids is 2. The summed E-state index contributed by atoms with van der Waals surface area (Å²) in [4.78, 5) is 37.2. The lowest BCUT2D eigenvalue weighted by Crippen LogP contribution is -2.45. The number of ether oxygens (including phenoxy) is 1. The quantitative estimate of drug-likeness (QED) is 0.632. The third kappa shape index (κ3) is 5.36. The number of piperidine rings is 1. The molecule has 0 aromatic carbocycles. The van der Waals surface area contributed by atoms with Gasteiger partial charge in [0.05, 0.1) is 29.7 Å². The van der Waals surface area contributed by atoms with Crippen LogP contribution in [0.3, 0.4) is 0 Å². The Morgan fingerprint density at radius 3 is 2.44 bits per heavy atom. The Morgan fingerprint density at radius 2 is 1.85 bits per heavy atom. The van der Waals surface area contributed by atoms with Crippen LogP contribution in [-0.2, 0) is 9.53 Å². The Bertz CT molecular complexity index is 1040. The van der Waals surface area contributed by atoms with Gasteiger partial charge in [0.2, 0.25) is 5.91 Å². The van der Waals surface area contributed by atoms with Crippen LogP contribution < -0.4 is 16.0 Å². The molecule has 0 radical (unpaired) electrons. The van der Waals surface area contributed by atoms with E-state index in [9.17, 15) is 9.59 Å². The van der Waals surface area contributed by atoms with Gasteiger partial charge in [0.25, 0.3) is 5.91 Å². The minimum Gasteiger partial charge on any atom is -0.372 e. The molecule has 34 heavy (non-hydrogen) atoms. The number of nitrogens with two attached hydrogens (primary N) is 1. The fourth-order valence-electron chi connectivity index (χ4n) is 4.67. The van der Waals surface area contributed by atoms with Crippen molar-refractivity contribution in [2.45, 2.75) is 44.8 Å². The molecule has 9 heteroatoms. The number of nitrogens with one attached hydrogen (secondary N) is 1. The van der Waals surface area contributed by atoms with E-state index in [1.54, 1.807) is 17.2 Å². The predicted molar refractivity (Wildman–Crippen MR) is 131 cm³/mol. The summed E-state index contributed by atoms with van der Waals surface area (Å²) in [7, 11) is 0. The molecule has 2 saturated heterocycles. The van der Waals surface area contributed by atoms with Gasteiger partial charge in [0, 0.05) is 37.8 Å². The number of anilines is 3. The van der Waals surface area contributed by atoms with Crippen molar-refractivity contribution in [1.29, 1.82) is 0 Å². The topological polar surface area (TPSA) is 114 Å². The van der Waals surface area contributed by atoms with Gasteiger partial charge in [-0.25, -0.2) is 9.97 Å². The van der Waals surface area contributed by atoms with Crippen LogP contribution in [0.5, 0.6) is 0 Å². The number of likely N-dealkylation sites (tertiary alicyclic amines) is 1. The molecule has 2 unspecified atom stereocenters. The van der Waals surface area contributed by atoms with Gasteiger partial charge < -0.3 is 25.6 Å². The Kier molecular flexibility index (Phi) is 7.12. The SMILES string of the molecule is C=CC(=O)N1CCC(c2ccc(C(N)=O)c(Nc3ccc(N4CC(C)OC(C)C4)nc3)n2)CC1. The molecule has 0 aliphatic carbocycles. The zero-order valence-corrected chi connectivity index (χ0v) is 19.7. The molecule has 9 nitrogen and oxygen atoms in total. The number of hydrogen-bond donors (Lipinski definition) is 2. The Balaban J connectivity index is 1.49. The Morgan fingerprint density at radius 1 is 1.15 bits per heavy atom. The van der Waals surface area contributed by atoms with Crippen molar-refractivity contribution in [3.05, 3.63) is 54.4 Å². The molecule has 2 fully saturated rings. The van der Waals surface area contributed by atoms with E-state index >= 15 is 0 Å². The summed E-state index contributed by atoms with van der Waals surface area (Å²) in [6.07, 6.45) is 4.98. The van der Waals surface area contributed by atoms with Gasteiger partial charge in [-0.15, -0.1) is 0 Å². The number of aromatic nitrogens is 2. The molecule has 0 saturated carbocycles. The van der Waals surface area contributed by atoms with E-state index in [1.165, 1.54) is 6.08 Å². The number of pyridine rings is 2. The van der Waals surface area contributed by atoms with Gasteiger partial charge in [-0.3, -0.25) is 9.59 Å². The van der Waals surface area contributed by atoms with Crippen molar-refractivity contribution in [2.24, 2.45) is 5.73 Å². The summed E-state index contributed by atoms with van der Waals surface area (Å²) in [5.74, 6) is 0.897. The van der Waals surface area contributed by atoms with Crippen LogP contribution in [0.25, 0.3) is 0 Å². The van der Waals surface area contributed by atoms with Gasteiger partial charge in [-0.2, -0.15) is 0 Å². The maximum absolute atomic E-state index is 12.0. The second kappa shape index (κ2) is 10.2. The van der Waals surface area contributed by atoms with Crippen molar-refractivity contribution >= 4 is 29.1 Å². The number of carbonyl (C=O) groups is 2. The summed E-state index contributed by atoms with van der Waals surface area (Å²) in [6, 6.07) is 7.44. The molecule has 2 aromatic rings. The predicted octanol–water partition coefficient (Wildman–Crippen LogP) is 2.82. The van der Waals surface area contributed by atoms with Crippen LogP contribution in [0, 0.1) is 0 Å².